The van der Waals surface area contributed by atoms with Crippen molar-refractivity contribution in [3.8, 4) is 5.75 Å². The van der Waals surface area contributed by atoms with Crippen molar-refractivity contribution in [1.82, 2.24) is 10.2 Å². The molecular formula is C15H18ClF3N2O2. The van der Waals surface area contributed by atoms with E-state index in [9.17, 15) is 18.0 Å². The number of hydrogen-bond acceptors (Lipinski definition) is 3. The molecule has 0 bridgehead atoms. The number of nitrogens with zero attached hydrogens (tertiary/aromatic N) is 1. The second-order valence-corrected chi connectivity index (χ2v) is 5.97. The van der Waals surface area contributed by atoms with Gasteiger partial charge < -0.3 is 15.0 Å². The molecule has 23 heavy (non-hydrogen) atoms. The number of fused-ring (bicyclic) bond motifs is 3. The molecule has 0 saturated carbocycles. The van der Waals surface area contributed by atoms with Crippen LogP contribution in [0.4, 0.5) is 13.2 Å². The van der Waals surface area contributed by atoms with Gasteiger partial charge in [-0.2, -0.15) is 0 Å². The fourth-order valence-corrected chi connectivity index (χ4v) is 3.30. The number of piperazine rings is 1. The van der Waals surface area contributed by atoms with Crippen LogP contribution in [0.25, 0.3) is 0 Å². The smallest absolute Gasteiger partial charge is 0.405 e. The molecule has 0 aromatic heterocycles. The molecule has 1 N–H and O–H groups in total. The number of hydrogen-bond donors (Lipinski definition) is 1. The van der Waals surface area contributed by atoms with E-state index in [1.165, 1.54) is 12.1 Å². The lowest BCUT2D eigenvalue weighted by Gasteiger charge is -2.40. The van der Waals surface area contributed by atoms with Crippen molar-refractivity contribution in [2.75, 3.05) is 13.1 Å². The largest absolute Gasteiger partial charge is 0.573 e. The summed E-state index contributed by atoms with van der Waals surface area (Å²) in [7, 11) is 0. The highest BCUT2D eigenvalue weighted by atomic mass is 35.5. The van der Waals surface area contributed by atoms with E-state index in [-0.39, 0.29) is 41.9 Å². The van der Waals surface area contributed by atoms with E-state index >= 15 is 0 Å². The summed E-state index contributed by atoms with van der Waals surface area (Å²) in [6.07, 6.45) is -4.81. The lowest BCUT2D eigenvalue weighted by atomic mass is 9.97. The first-order valence-corrected chi connectivity index (χ1v) is 7.21. The Kier molecular flexibility index (Phi) is 4.82. The van der Waals surface area contributed by atoms with Crippen LogP contribution in [-0.4, -0.2) is 36.3 Å². The number of amides is 1. The van der Waals surface area contributed by atoms with E-state index in [0.717, 1.165) is 0 Å². The van der Waals surface area contributed by atoms with Gasteiger partial charge >= 0.3 is 6.36 Å². The minimum absolute atomic E-state index is 0. The van der Waals surface area contributed by atoms with Gasteiger partial charge in [0.15, 0.2) is 0 Å². The number of benzene rings is 1. The molecule has 0 radical (unpaired) electrons. The molecule has 2 heterocycles. The van der Waals surface area contributed by atoms with Crippen LogP contribution in [0, 0.1) is 5.92 Å². The molecule has 2 atom stereocenters. The van der Waals surface area contributed by atoms with Crippen LogP contribution >= 0.6 is 12.4 Å². The normalized spacial score (nSPS) is 23.4. The molecule has 8 heteroatoms. The van der Waals surface area contributed by atoms with Gasteiger partial charge in [0, 0.05) is 19.1 Å². The summed E-state index contributed by atoms with van der Waals surface area (Å²) in [5.74, 6) is -0.576. The quantitative estimate of drug-likeness (QED) is 0.891. The Balaban J connectivity index is 0.00000192. The number of alkyl halides is 3. The van der Waals surface area contributed by atoms with Crippen molar-refractivity contribution in [1.29, 1.82) is 0 Å². The molecule has 0 aliphatic carbocycles. The maximum Gasteiger partial charge on any atom is 0.573 e. The van der Waals surface area contributed by atoms with Crippen molar-refractivity contribution in [3.05, 3.63) is 29.3 Å². The van der Waals surface area contributed by atoms with Gasteiger partial charge in [0.2, 0.25) is 0 Å². The predicted octanol–water partition coefficient (Wildman–Crippen LogP) is 3.13. The van der Waals surface area contributed by atoms with E-state index in [0.29, 0.717) is 18.7 Å². The summed E-state index contributed by atoms with van der Waals surface area (Å²) in [5.41, 5.74) is 0.642. The fourth-order valence-electron chi connectivity index (χ4n) is 3.30. The third-order valence-corrected chi connectivity index (χ3v) is 4.25. The van der Waals surface area contributed by atoms with Crippen LogP contribution in [0.2, 0.25) is 0 Å². The lowest BCUT2D eigenvalue weighted by molar-refractivity contribution is -0.274. The second-order valence-electron chi connectivity index (χ2n) is 5.97. The molecular weight excluding hydrogens is 333 g/mol. The van der Waals surface area contributed by atoms with Crippen LogP contribution in [0.5, 0.6) is 5.75 Å². The third-order valence-electron chi connectivity index (χ3n) is 4.25. The van der Waals surface area contributed by atoms with Gasteiger partial charge in [-0.1, -0.05) is 26.0 Å². The lowest BCUT2D eigenvalue weighted by Crippen LogP contribution is -2.54. The Morgan fingerprint density at radius 2 is 2.00 bits per heavy atom. The SMILES string of the molecule is CC(C)[C@H]1CNC[C@H]2c3cccc(OC(F)(F)F)c3C(=O)N12.Cl. The zero-order valence-corrected chi connectivity index (χ0v) is 13.5. The second kappa shape index (κ2) is 6.20. The molecule has 1 fully saturated rings. The standard InChI is InChI=1S/C15H17F3N2O2.ClH/c1-8(2)10-6-19-7-11-9-4-3-5-12(22-15(16,17)18)13(9)14(21)20(10)11;/h3-5,8,10-11,19H,6-7H2,1-2H3;1H/t10-,11+;/m1./s1. The minimum atomic E-state index is -4.81. The van der Waals surface area contributed by atoms with Crippen LogP contribution < -0.4 is 10.1 Å². The van der Waals surface area contributed by atoms with Crippen molar-refractivity contribution in [3.63, 3.8) is 0 Å². The van der Waals surface area contributed by atoms with Crippen molar-refractivity contribution < 1.29 is 22.7 Å². The summed E-state index contributed by atoms with van der Waals surface area (Å²) in [6, 6.07) is 4.11. The number of carbonyl (C=O) groups excluding carboxylic acids is 1. The molecule has 4 nitrogen and oxygen atoms in total. The number of halogens is 4. The van der Waals surface area contributed by atoms with Gasteiger partial charge in [-0.3, -0.25) is 4.79 Å². The van der Waals surface area contributed by atoms with Gasteiger partial charge in [-0.05, 0) is 17.5 Å². The van der Waals surface area contributed by atoms with Crippen LogP contribution in [0.1, 0.15) is 35.8 Å². The Labute approximate surface area is 138 Å². The topological polar surface area (TPSA) is 41.6 Å². The maximum absolute atomic E-state index is 12.7. The third kappa shape index (κ3) is 3.12. The van der Waals surface area contributed by atoms with Crippen molar-refractivity contribution >= 4 is 18.3 Å². The average molecular weight is 351 g/mol. The Bertz CT molecular complexity index is 607. The summed E-state index contributed by atoms with van der Waals surface area (Å²) in [4.78, 5) is 14.4. The summed E-state index contributed by atoms with van der Waals surface area (Å²) in [6.45, 7) is 5.18. The molecule has 0 spiro atoms. The number of ether oxygens (including phenoxy) is 1. The highest BCUT2D eigenvalue weighted by Crippen LogP contribution is 2.42. The molecule has 1 aromatic rings. The van der Waals surface area contributed by atoms with Gasteiger partial charge in [-0.15, -0.1) is 25.6 Å². The van der Waals surface area contributed by atoms with Gasteiger partial charge in [-0.25, -0.2) is 0 Å². The molecule has 1 aromatic carbocycles. The number of rotatable bonds is 2. The van der Waals surface area contributed by atoms with Crippen LogP contribution in [0.3, 0.4) is 0 Å². The molecule has 2 aliphatic heterocycles. The first-order chi connectivity index (χ1) is 10.3. The average Bonchev–Trinajstić information content (AvgIpc) is 2.72. The number of nitrogens with one attached hydrogen (secondary N) is 1. The molecule has 128 valence electrons. The highest BCUT2D eigenvalue weighted by Gasteiger charge is 2.46. The molecule has 1 saturated heterocycles. The number of carbonyl (C=O) groups is 1. The zero-order chi connectivity index (χ0) is 16.1. The Hall–Kier alpha value is -1.47. The van der Waals surface area contributed by atoms with E-state index in [2.05, 4.69) is 10.1 Å². The zero-order valence-electron chi connectivity index (χ0n) is 12.7. The summed E-state index contributed by atoms with van der Waals surface area (Å²) < 4.78 is 41.7. The molecule has 3 rings (SSSR count). The van der Waals surface area contributed by atoms with Gasteiger partial charge in [0.25, 0.3) is 5.91 Å². The molecule has 0 unspecified atom stereocenters. The monoisotopic (exact) mass is 350 g/mol. The van der Waals surface area contributed by atoms with E-state index in [1.807, 2.05) is 13.8 Å². The Morgan fingerprint density at radius 1 is 1.30 bits per heavy atom. The molecule has 1 amide bonds. The summed E-state index contributed by atoms with van der Waals surface area (Å²) >= 11 is 0. The van der Waals surface area contributed by atoms with E-state index in [1.54, 1.807) is 11.0 Å². The first-order valence-electron chi connectivity index (χ1n) is 7.21. The van der Waals surface area contributed by atoms with E-state index in [4.69, 9.17) is 0 Å². The van der Waals surface area contributed by atoms with Gasteiger partial charge in [0.05, 0.1) is 11.6 Å². The predicted molar refractivity (Wildman–Crippen MR) is 80.8 cm³/mol. The van der Waals surface area contributed by atoms with Crippen LogP contribution in [0.15, 0.2) is 18.2 Å². The highest BCUT2D eigenvalue weighted by molar-refractivity contribution is 6.02. The van der Waals surface area contributed by atoms with Crippen LogP contribution in [-0.2, 0) is 0 Å². The van der Waals surface area contributed by atoms with Crippen molar-refractivity contribution in [2.24, 2.45) is 5.92 Å². The van der Waals surface area contributed by atoms with Crippen molar-refractivity contribution in [2.45, 2.75) is 32.3 Å². The maximum atomic E-state index is 12.7. The fraction of sp³-hybridized carbons (Fsp3) is 0.533. The molecule has 2 aliphatic rings. The first kappa shape index (κ1) is 17.9. The van der Waals surface area contributed by atoms with E-state index < -0.39 is 12.1 Å². The minimum Gasteiger partial charge on any atom is -0.405 e. The Morgan fingerprint density at radius 3 is 2.61 bits per heavy atom. The van der Waals surface area contributed by atoms with Gasteiger partial charge in [0.1, 0.15) is 5.75 Å². The summed E-state index contributed by atoms with van der Waals surface area (Å²) in [5, 5.41) is 3.26.